The zero-order valence-corrected chi connectivity index (χ0v) is 11.8. The van der Waals surface area contributed by atoms with Crippen molar-refractivity contribution in [3.8, 4) is 0 Å². The molecule has 18 heavy (non-hydrogen) atoms. The van der Waals surface area contributed by atoms with Crippen LogP contribution >= 0.6 is 0 Å². The molecule has 0 saturated carbocycles. The van der Waals surface area contributed by atoms with Crippen LogP contribution in [0.2, 0.25) is 0 Å². The zero-order chi connectivity index (χ0) is 13.4. The SMILES string of the molecule is C=C1C=CN(CCCNC(=C)CCC(C)C)C=C1. The number of rotatable bonds is 8. The molecule has 0 aliphatic carbocycles. The summed E-state index contributed by atoms with van der Waals surface area (Å²) in [5.41, 5.74) is 2.23. The summed E-state index contributed by atoms with van der Waals surface area (Å²) < 4.78 is 0. The summed E-state index contributed by atoms with van der Waals surface area (Å²) in [5, 5.41) is 3.40. The highest BCUT2D eigenvalue weighted by Gasteiger charge is 2.00. The lowest BCUT2D eigenvalue weighted by atomic mass is 10.1. The Morgan fingerprint density at radius 1 is 1.33 bits per heavy atom. The minimum absolute atomic E-state index is 0.750. The summed E-state index contributed by atoms with van der Waals surface area (Å²) in [4.78, 5) is 2.19. The first-order valence-electron chi connectivity index (χ1n) is 6.80. The molecule has 0 amide bonds. The van der Waals surface area contributed by atoms with Gasteiger partial charge in [0.15, 0.2) is 0 Å². The molecule has 2 heteroatoms. The molecule has 0 radical (unpaired) electrons. The fraction of sp³-hybridized carbons (Fsp3) is 0.500. The Morgan fingerprint density at radius 3 is 2.61 bits per heavy atom. The second kappa shape index (κ2) is 7.80. The first kappa shape index (κ1) is 14.6. The second-order valence-corrected chi connectivity index (χ2v) is 5.26. The van der Waals surface area contributed by atoms with Crippen molar-refractivity contribution < 1.29 is 0 Å². The molecule has 1 heterocycles. The van der Waals surface area contributed by atoms with E-state index in [2.05, 4.69) is 49.6 Å². The lowest BCUT2D eigenvalue weighted by Gasteiger charge is -2.19. The van der Waals surface area contributed by atoms with Crippen molar-refractivity contribution in [3.05, 3.63) is 49.0 Å². The van der Waals surface area contributed by atoms with Crippen LogP contribution in [0.1, 0.15) is 33.1 Å². The normalized spacial score (nSPS) is 14.4. The minimum atomic E-state index is 0.750. The highest BCUT2D eigenvalue weighted by molar-refractivity contribution is 5.30. The summed E-state index contributed by atoms with van der Waals surface area (Å²) in [6.07, 6.45) is 11.6. The van der Waals surface area contributed by atoms with Gasteiger partial charge in [0.2, 0.25) is 0 Å². The quantitative estimate of drug-likeness (QED) is 0.655. The molecule has 0 spiro atoms. The largest absolute Gasteiger partial charge is 0.389 e. The third-order valence-corrected chi connectivity index (χ3v) is 2.95. The Kier molecular flexibility index (Phi) is 6.34. The van der Waals surface area contributed by atoms with Crippen LogP contribution in [0.15, 0.2) is 49.0 Å². The van der Waals surface area contributed by atoms with Gasteiger partial charge in [0, 0.05) is 31.2 Å². The van der Waals surface area contributed by atoms with Gasteiger partial charge in [-0.15, -0.1) is 0 Å². The van der Waals surface area contributed by atoms with Crippen molar-refractivity contribution in [2.45, 2.75) is 33.1 Å². The summed E-state index contributed by atoms with van der Waals surface area (Å²) >= 11 is 0. The number of hydrogen-bond acceptors (Lipinski definition) is 2. The van der Waals surface area contributed by atoms with E-state index in [0.717, 1.165) is 37.4 Å². The van der Waals surface area contributed by atoms with Crippen LogP contribution in [0.5, 0.6) is 0 Å². The van der Waals surface area contributed by atoms with Crippen molar-refractivity contribution in [2.24, 2.45) is 5.92 Å². The van der Waals surface area contributed by atoms with Crippen molar-refractivity contribution in [1.29, 1.82) is 0 Å². The maximum Gasteiger partial charge on any atom is 0.0236 e. The van der Waals surface area contributed by atoms with Crippen LogP contribution in [-0.4, -0.2) is 18.0 Å². The molecule has 1 N–H and O–H groups in total. The summed E-state index contributed by atoms with van der Waals surface area (Å²) in [5.74, 6) is 0.750. The smallest absolute Gasteiger partial charge is 0.0236 e. The summed E-state index contributed by atoms with van der Waals surface area (Å²) in [6.45, 7) is 14.5. The second-order valence-electron chi connectivity index (χ2n) is 5.26. The van der Waals surface area contributed by atoms with Crippen LogP contribution in [0, 0.1) is 5.92 Å². The predicted molar refractivity (Wildman–Crippen MR) is 80.0 cm³/mol. The van der Waals surface area contributed by atoms with Gasteiger partial charge < -0.3 is 10.2 Å². The monoisotopic (exact) mass is 246 g/mol. The van der Waals surface area contributed by atoms with Crippen LogP contribution in [-0.2, 0) is 0 Å². The van der Waals surface area contributed by atoms with Gasteiger partial charge in [-0.2, -0.15) is 0 Å². The average Bonchev–Trinajstić information content (AvgIpc) is 2.34. The molecular weight excluding hydrogens is 220 g/mol. The van der Waals surface area contributed by atoms with E-state index in [1.165, 1.54) is 12.1 Å². The lowest BCUT2D eigenvalue weighted by Crippen LogP contribution is -2.20. The topological polar surface area (TPSA) is 15.3 Å². The van der Waals surface area contributed by atoms with Crippen LogP contribution in [0.25, 0.3) is 0 Å². The third-order valence-electron chi connectivity index (χ3n) is 2.95. The summed E-state index contributed by atoms with van der Waals surface area (Å²) in [7, 11) is 0. The highest BCUT2D eigenvalue weighted by atomic mass is 15.1. The maximum atomic E-state index is 4.06. The van der Waals surface area contributed by atoms with E-state index in [4.69, 9.17) is 0 Å². The van der Waals surface area contributed by atoms with Crippen LogP contribution < -0.4 is 5.32 Å². The molecule has 100 valence electrons. The number of allylic oxidation sites excluding steroid dienone is 4. The molecule has 0 bridgehead atoms. The number of hydrogen-bond donors (Lipinski definition) is 1. The zero-order valence-electron chi connectivity index (χ0n) is 11.8. The van der Waals surface area contributed by atoms with Crippen molar-refractivity contribution >= 4 is 0 Å². The van der Waals surface area contributed by atoms with Crippen molar-refractivity contribution in [2.75, 3.05) is 13.1 Å². The van der Waals surface area contributed by atoms with Gasteiger partial charge in [0.1, 0.15) is 0 Å². The fourth-order valence-electron chi connectivity index (χ4n) is 1.72. The third kappa shape index (κ3) is 6.33. The number of nitrogens with zero attached hydrogens (tertiary/aromatic N) is 1. The lowest BCUT2D eigenvalue weighted by molar-refractivity contribution is 0.476. The molecule has 0 aromatic carbocycles. The van der Waals surface area contributed by atoms with Gasteiger partial charge in [0.05, 0.1) is 0 Å². The first-order chi connectivity index (χ1) is 8.58. The van der Waals surface area contributed by atoms with Gasteiger partial charge in [-0.1, -0.05) is 27.0 Å². The highest BCUT2D eigenvalue weighted by Crippen LogP contribution is 2.09. The van der Waals surface area contributed by atoms with Gasteiger partial charge in [-0.05, 0) is 42.9 Å². The van der Waals surface area contributed by atoms with Gasteiger partial charge >= 0.3 is 0 Å². The summed E-state index contributed by atoms with van der Waals surface area (Å²) in [6, 6.07) is 0. The molecule has 0 saturated heterocycles. The Hall–Kier alpha value is -1.44. The maximum absolute atomic E-state index is 4.06. The number of nitrogens with one attached hydrogen (secondary N) is 1. The van der Waals surface area contributed by atoms with E-state index in [0.29, 0.717) is 0 Å². The van der Waals surface area contributed by atoms with E-state index < -0.39 is 0 Å². The van der Waals surface area contributed by atoms with Gasteiger partial charge in [-0.25, -0.2) is 0 Å². The Morgan fingerprint density at radius 2 is 2.00 bits per heavy atom. The molecule has 0 atom stereocenters. The Bertz CT molecular complexity index is 321. The molecular formula is C16H26N2. The molecule has 1 rings (SSSR count). The predicted octanol–water partition coefficient (Wildman–Crippen LogP) is 3.82. The van der Waals surface area contributed by atoms with E-state index in [9.17, 15) is 0 Å². The molecule has 0 aromatic rings. The van der Waals surface area contributed by atoms with E-state index in [1.54, 1.807) is 0 Å². The molecule has 1 aliphatic heterocycles. The molecule has 2 nitrogen and oxygen atoms in total. The van der Waals surface area contributed by atoms with Crippen LogP contribution in [0.4, 0.5) is 0 Å². The first-order valence-corrected chi connectivity index (χ1v) is 6.80. The minimum Gasteiger partial charge on any atom is -0.389 e. The van der Waals surface area contributed by atoms with Gasteiger partial charge in [-0.3, -0.25) is 0 Å². The van der Waals surface area contributed by atoms with Crippen molar-refractivity contribution in [3.63, 3.8) is 0 Å². The van der Waals surface area contributed by atoms with Gasteiger partial charge in [0.25, 0.3) is 0 Å². The molecule has 1 aliphatic rings. The van der Waals surface area contributed by atoms with E-state index >= 15 is 0 Å². The Labute approximate surface area is 112 Å². The standard InChI is InChI=1S/C16H26N2/c1-14(2)6-7-16(4)17-10-5-11-18-12-8-15(3)9-13-18/h8-9,12-14,17H,3-7,10-11H2,1-2H3. The molecule has 0 aromatic heterocycles. The fourth-order valence-corrected chi connectivity index (χ4v) is 1.72. The van der Waals surface area contributed by atoms with Crippen molar-refractivity contribution in [1.82, 2.24) is 10.2 Å². The van der Waals surface area contributed by atoms with Crippen LogP contribution in [0.3, 0.4) is 0 Å². The Balaban J connectivity index is 2.05. The average molecular weight is 246 g/mol. The van der Waals surface area contributed by atoms with E-state index in [1.807, 2.05) is 12.2 Å². The molecule has 0 unspecified atom stereocenters. The van der Waals surface area contributed by atoms with E-state index in [-0.39, 0.29) is 0 Å². The molecule has 0 fully saturated rings.